The van der Waals surface area contributed by atoms with Gasteiger partial charge in [-0.2, -0.15) is 0 Å². The van der Waals surface area contributed by atoms with Gasteiger partial charge in [-0.05, 0) is 6.07 Å². The van der Waals surface area contributed by atoms with Crippen LogP contribution in [-0.2, 0) is 4.79 Å². The van der Waals surface area contributed by atoms with Gasteiger partial charge in [0, 0.05) is 38.5 Å². The Morgan fingerprint density at radius 2 is 2.00 bits per heavy atom. The fourth-order valence-corrected chi connectivity index (χ4v) is 2.66. The largest absolute Gasteiger partial charge is 0.493 e. The lowest BCUT2D eigenvalue weighted by atomic mass is 10.1. The number of aromatic nitrogens is 2. The number of ether oxygens (including phenoxy) is 2. The lowest BCUT2D eigenvalue weighted by molar-refractivity contribution is -0.121. The number of aromatic amines is 1. The Bertz CT molecular complexity index is 761. The average Bonchev–Trinajstić information content (AvgIpc) is 2.56. The highest BCUT2D eigenvalue weighted by molar-refractivity contribution is 5.81. The number of carbonyl (C=O) groups is 1. The minimum atomic E-state index is -0.210. The standard InChI is InChI=1S/C16H19N3O4/c1-22-14-8-12-13(17-10-18-16(12)21)9-15(14)23-7-6-19-4-2-11(20)3-5-19/h8-10H,2-7H2,1H3,(H,17,18,21). The Kier molecular flexibility index (Phi) is 4.57. The normalized spacial score (nSPS) is 15.8. The van der Waals surface area contributed by atoms with Gasteiger partial charge in [0.2, 0.25) is 0 Å². The zero-order valence-corrected chi connectivity index (χ0v) is 13.0. The van der Waals surface area contributed by atoms with Crippen LogP contribution in [0.2, 0.25) is 0 Å². The van der Waals surface area contributed by atoms with Gasteiger partial charge in [-0.25, -0.2) is 4.98 Å². The maximum absolute atomic E-state index is 11.8. The molecule has 1 fully saturated rings. The fourth-order valence-electron chi connectivity index (χ4n) is 2.66. The molecule has 23 heavy (non-hydrogen) atoms. The summed E-state index contributed by atoms with van der Waals surface area (Å²) in [5, 5.41) is 0.464. The third kappa shape index (κ3) is 3.50. The fraction of sp³-hybridized carbons (Fsp3) is 0.438. The lowest BCUT2D eigenvalue weighted by Crippen LogP contribution is -2.36. The number of hydrogen-bond donors (Lipinski definition) is 1. The second-order valence-corrected chi connectivity index (χ2v) is 5.48. The summed E-state index contributed by atoms with van der Waals surface area (Å²) in [5.74, 6) is 1.39. The van der Waals surface area contributed by atoms with Crippen molar-refractivity contribution in [2.24, 2.45) is 0 Å². The van der Waals surface area contributed by atoms with Crippen LogP contribution in [0.15, 0.2) is 23.3 Å². The van der Waals surface area contributed by atoms with Crippen LogP contribution in [0.4, 0.5) is 0 Å². The quantitative estimate of drug-likeness (QED) is 0.885. The summed E-state index contributed by atoms with van der Waals surface area (Å²) in [6.07, 6.45) is 2.60. The molecule has 1 aliphatic heterocycles. The summed E-state index contributed by atoms with van der Waals surface area (Å²) in [7, 11) is 1.54. The van der Waals surface area contributed by atoms with Crippen LogP contribution >= 0.6 is 0 Å². The van der Waals surface area contributed by atoms with Gasteiger partial charge < -0.3 is 14.5 Å². The number of nitrogens with zero attached hydrogens (tertiary/aromatic N) is 2. The first-order valence-electron chi connectivity index (χ1n) is 7.59. The van der Waals surface area contributed by atoms with Gasteiger partial charge in [0.05, 0.1) is 24.3 Å². The molecule has 0 spiro atoms. The first-order valence-corrected chi connectivity index (χ1v) is 7.59. The van der Waals surface area contributed by atoms with E-state index in [0.29, 0.717) is 47.6 Å². The molecule has 1 N–H and O–H groups in total. The Balaban J connectivity index is 1.69. The molecule has 1 aromatic heterocycles. The number of fused-ring (bicyclic) bond motifs is 1. The monoisotopic (exact) mass is 317 g/mol. The molecule has 0 unspecified atom stereocenters. The third-order valence-corrected chi connectivity index (χ3v) is 4.00. The SMILES string of the molecule is COc1cc2c(=O)[nH]cnc2cc1OCCN1CCC(=O)CC1. The van der Waals surface area contributed by atoms with Crippen LogP contribution < -0.4 is 15.0 Å². The minimum Gasteiger partial charge on any atom is -0.493 e. The van der Waals surface area contributed by atoms with E-state index in [9.17, 15) is 9.59 Å². The second kappa shape index (κ2) is 6.78. The third-order valence-electron chi connectivity index (χ3n) is 4.00. The molecule has 2 heterocycles. The van der Waals surface area contributed by atoms with E-state index in [0.717, 1.165) is 19.6 Å². The highest BCUT2D eigenvalue weighted by atomic mass is 16.5. The van der Waals surface area contributed by atoms with E-state index in [1.165, 1.54) is 13.4 Å². The van der Waals surface area contributed by atoms with Gasteiger partial charge in [0.1, 0.15) is 12.4 Å². The van der Waals surface area contributed by atoms with Gasteiger partial charge in [0.25, 0.3) is 5.56 Å². The first kappa shape index (κ1) is 15.5. The molecular formula is C16H19N3O4. The maximum atomic E-state index is 11.8. The van der Waals surface area contributed by atoms with E-state index in [1.807, 2.05) is 0 Å². The van der Waals surface area contributed by atoms with Gasteiger partial charge in [-0.15, -0.1) is 0 Å². The summed E-state index contributed by atoms with van der Waals surface area (Å²) in [6, 6.07) is 3.35. The van der Waals surface area contributed by atoms with Crippen molar-refractivity contribution in [3.05, 3.63) is 28.8 Å². The summed E-state index contributed by atoms with van der Waals surface area (Å²) < 4.78 is 11.1. The van der Waals surface area contributed by atoms with E-state index < -0.39 is 0 Å². The van der Waals surface area contributed by atoms with Gasteiger partial charge >= 0.3 is 0 Å². The number of hydrogen-bond acceptors (Lipinski definition) is 6. The number of ketones is 1. The Morgan fingerprint density at radius 3 is 2.74 bits per heavy atom. The van der Waals surface area contributed by atoms with Crippen molar-refractivity contribution < 1.29 is 14.3 Å². The number of Topliss-reactive ketones (excluding diaryl/α,β-unsaturated/α-hetero) is 1. The molecule has 0 bridgehead atoms. The van der Waals surface area contributed by atoms with E-state index >= 15 is 0 Å². The highest BCUT2D eigenvalue weighted by Crippen LogP contribution is 2.30. The van der Waals surface area contributed by atoms with Crippen LogP contribution in [0, 0.1) is 0 Å². The number of benzene rings is 1. The van der Waals surface area contributed by atoms with Crippen LogP contribution in [0.25, 0.3) is 10.9 Å². The Morgan fingerprint density at radius 1 is 1.22 bits per heavy atom. The molecule has 1 aliphatic rings. The number of nitrogens with one attached hydrogen (secondary N) is 1. The molecule has 0 aliphatic carbocycles. The molecule has 1 aromatic carbocycles. The van der Waals surface area contributed by atoms with E-state index in [-0.39, 0.29) is 5.56 Å². The van der Waals surface area contributed by atoms with Crippen LogP contribution in [-0.4, -0.2) is 54.0 Å². The molecule has 122 valence electrons. The van der Waals surface area contributed by atoms with E-state index in [1.54, 1.807) is 12.1 Å². The molecule has 7 heteroatoms. The maximum Gasteiger partial charge on any atom is 0.258 e. The molecule has 0 atom stereocenters. The molecule has 0 amide bonds. The molecule has 3 rings (SSSR count). The first-order chi connectivity index (χ1) is 11.2. The van der Waals surface area contributed by atoms with Crippen molar-refractivity contribution in [3.63, 3.8) is 0 Å². The lowest BCUT2D eigenvalue weighted by Gasteiger charge is -2.25. The second-order valence-electron chi connectivity index (χ2n) is 5.48. The summed E-state index contributed by atoms with van der Waals surface area (Å²) in [5.41, 5.74) is 0.353. The number of piperidine rings is 1. The Labute approximate surface area is 133 Å². The smallest absolute Gasteiger partial charge is 0.258 e. The number of rotatable bonds is 5. The van der Waals surface area contributed by atoms with Crippen molar-refractivity contribution in [2.45, 2.75) is 12.8 Å². The number of carbonyl (C=O) groups excluding carboxylic acids is 1. The van der Waals surface area contributed by atoms with Crippen molar-refractivity contribution in [2.75, 3.05) is 33.4 Å². The Hall–Kier alpha value is -2.41. The topological polar surface area (TPSA) is 84.5 Å². The highest BCUT2D eigenvalue weighted by Gasteiger charge is 2.16. The van der Waals surface area contributed by atoms with Gasteiger partial charge in [-0.3, -0.25) is 14.5 Å². The molecule has 2 aromatic rings. The summed E-state index contributed by atoms with van der Waals surface area (Å²) in [4.78, 5) is 31.9. The molecule has 7 nitrogen and oxygen atoms in total. The molecule has 0 radical (unpaired) electrons. The van der Waals surface area contributed by atoms with Gasteiger partial charge in [-0.1, -0.05) is 0 Å². The summed E-state index contributed by atoms with van der Waals surface area (Å²) in [6.45, 7) is 2.80. The average molecular weight is 317 g/mol. The van der Waals surface area contributed by atoms with Crippen molar-refractivity contribution in [3.8, 4) is 11.5 Å². The van der Waals surface area contributed by atoms with Crippen molar-refractivity contribution in [1.29, 1.82) is 0 Å². The number of likely N-dealkylation sites (tertiary alicyclic amines) is 1. The number of H-pyrrole nitrogens is 1. The van der Waals surface area contributed by atoms with Gasteiger partial charge in [0.15, 0.2) is 11.5 Å². The van der Waals surface area contributed by atoms with Crippen molar-refractivity contribution in [1.82, 2.24) is 14.9 Å². The predicted molar refractivity (Wildman–Crippen MR) is 85.1 cm³/mol. The molecule has 1 saturated heterocycles. The molecule has 0 saturated carbocycles. The van der Waals surface area contributed by atoms with Crippen LogP contribution in [0.5, 0.6) is 11.5 Å². The zero-order valence-electron chi connectivity index (χ0n) is 13.0. The zero-order chi connectivity index (χ0) is 16.2. The van der Waals surface area contributed by atoms with Crippen LogP contribution in [0.3, 0.4) is 0 Å². The minimum absolute atomic E-state index is 0.210. The number of methoxy groups -OCH3 is 1. The summed E-state index contributed by atoms with van der Waals surface area (Å²) >= 11 is 0. The molecular weight excluding hydrogens is 298 g/mol. The van der Waals surface area contributed by atoms with Crippen LogP contribution in [0.1, 0.15) is 12.8 Å². The van der Waals surface area contributed by atoms with Crippen molar-refractivity contribution >= 4 is 16.7 Å². The van der Waals surface area contributed by atoms with E-state index in [4.69, 9.17) is 9.47 Å². The van der Waals surface area contributed by atoms with E-state index in [2.05, 4.69) is 14.9 Å². The predicted octanol–water partition coefficient (Wildman–Crippen LogP) is 0.975.